The van der Waals surface area contributed by atoms with E-state index in [0.29, 0.717) is 28.6 Å². The van der Waals surface area contributed by atoms with E-state index in [9.17, 15) is 4.79 Å². The van der Waals surface area contributed by atoms with E-state index in [2.05, 4.69) is 37.5 Å². The van der Waals surface area contributed by atoms with Gasteiger partial charge in [0.2, 0.25) is 5.13 Å². The standard InChI is InChI=1S/C15H13BrN4O2S/c1-2-22-14(21)6-11-9-23-15(19-11)20-18-8-10-4-3-5-13(16)12(10)7-17/h3-5,8-9H,2,6H2,1H3,(H,19,20). The molecule has 118 valence electrons. The molecule has 0 aliphatic heterocycles. The molecule has 8 heteroatoms. The van der Waals surface area contributed by atoms with Crippen LogP contribution in [0, 0.1) is 11.3 Å². The Kier molecular flexibility index (Phi) is 6.26. The number of anilines is 1. The van der Waals surface area contributed by atoms with Crippen molar-refractivity contribution in [2.24, 2.45) is 5.10 Å². The van der Waals surface area contributed by atoms with Gasteiger partial charge in [0.25, 0.3) is 0 Å². The number of nitrogens with zero attached hydrogens (tertiary/aromatic N) is 3. The lowest BCUT2D eigenvalue weighted by molar-refractivity contribution is -0.142. The molecule has 1 aromatic heterocycles. The van der Waals surface area contributed by atoms with Crippen LogP contribution in [0.1, 0.15) is 23.7 Å². The van der Waals surface area contributed by atoms with Crippen LogP contribution < -0.4 is 5.43 Å². The maximum Gasteiger partial charge on any atom is 0.311 e. The molecule has 0 aliphatic carbocycles. The van der Waals surface area contributed by atoms with E-state index >= 15 is 0 Å². The first-order chi connectivity index (χ1) is 11.1. The predicted molar refractivity (Wildman–Crippen MR) is 92.5 cm³/mol. The van der Waals surface area contributed by atoms with E-state index in [4.69, 9.17) is 10.00 Å². The van der Waals surface area contributed by atoms with Gasteiger partial charge in [0, 0.05) is 15.4 Å². The number of hydrogen-bond acceptors (Lipinski definition) is 7. The number of nitriles is 1. The molecule has 0 bridgehead atoms. The minimum Gasteiger partial charge on any atom is -0.466 e. The molecule has 2 rings (SSSR count). The Hall–Kier alpha value is -2.24. The first-order valence-electron chi connectivity index (χ1n) is 6.71. The van der Waals surface area contributed by atoms with Crippen LogP contribution in [-0.4, -0.2) is 23.8 Å². The predicted octanol–water partition coefficient (Wildman–Crippen LogP) is 3.33. The van der Waals surface area contributed by atoms with Gasteiger partial charge in [-0.1, -0.05) is 12.1 Å². The largest absolute Gasteiger partial charge is 0.466 e. The number of carbonyl (C=O) groups excluding carboxylic acids is 1. The monoisotopic (exact) mass is 392 g/mol. The molecule has 1 N–H and O–H groups in total. The van der Waals surface area contributed by atoms with Crippen molar-refractivity contribution in [2.75, 3.05) is 12.0 Å². The highest BCUT2D eigenvalue weighted by atomic mass is 79.9. The van der Waals surface area contributed by atoms with Crippen molar-refractivity contribution < 1.29 is 9.53 Å². The number of hydrogen-bond donors (Lipinski definition) is 1. The zero-order valence-electron chi connectivity index (χ0n) is 12.2. The topological polar surface area (TPSA) is 87.4 Å². The Morgan fingerprint density at radius 2 is 2.43 bits per heavy atom. The van der Waals surface area contributed by atoms with Crippen molar-refractivity contribution >= 4 is 44.6 Å². The number of aromatic nitrogens is 1. The summed E-state index contributed by atoms with van der Waals surface area (Å²) in [5, 5.41) is 15.5. The third-order valence-corrected chi connectivity index (χ3v) is 4.16. The van der Waals surface area contributed by atoms with Crippen LogP contribution in [0.15, 0.2) is 33.2 Å². The summed E-state index contributed by atoms with van der Waals surface area (Å²) in [7, 11) is 0. The first kappa shape index (κ1) is 17.1. The quantitative estimate of drug-likeness (QED) is 0.462. The third-order valence-electron chi connectivity index (χ3n) is 2.70. The van der Waals surface area contributed by atoms with E-state index in [1.54, 1.807) is 30.7 Å². The van der Waals surface area contributed by atoms with Crippen LogP contribution in [0.3, 0.4) is 0 Å². The van der Waals surface area contributed by atoms with E-state index in [0.717, 1.165) is 4.47 Å². The second kappa shape index (κ2) is 8.41. The van der Waals surface area contributed by atoms with Crippen LogP contribution in [-0.2, 0) is 16.0 Å². The molecule has 0 saturated heterocycles. The van der Waals surface area contributed by atoms with Gasteiger partial charge in [0.15, 0.2) is 0 Å². The molecule has 0 amide bonds. The molecule has 0 atom stereocenters. The normalized spacial score (nSPS) is 10.5. The number of ether oxygens (including phenoxy) is 1. The molecule has 23 heavy (non-hydrogen) atoms. The lowest BCUT2D eigenvalue weighted by Gasteiger charge is -2.00. The Morgan fingerprint density at radius 3 is 3.17 bits per heavy atom. The fourth-order valence-corrected chi connectivity index (χ4v) is 2.85. The lowest BCUT2D eigenvalue weighted by Crippen LogP contribution is -2.07. The van der Waals surface area contributed by atoms with Crippen LogP contribution in [0.4, 0.5) is 5.13 Å². The van der Waals surface area contributed by atoms with Crippen LogP contribution in [0.5, 0.6) is 0 Å². The van der Waals surface area contributed by atoms with E-state index in [1.807, 2.05) is 6.07 Å². The van der Waals surface area contributed by atoms with Gasteiger partial charge in [-0.15, -0.1) is 11.3 Å². The van der Waals surface area contributed by atoms with Gasteiger partial charge in [-0.2, -0.15) is 10.4 Å². The first-order valence-corrected chi connectivity index (χ1v) is 8.39. The van der Waals surface area contributed by atoms with E-state index in [1.165, 1.54) is 11.3 Å². The molecule has 0 unspecified atom stereocenters. The zero-order valence-corrected chi connectivity index (χ0v) is 14.6. The highest BCUT2D eigenvalue weighted by molar-refractivity contribution is 9.10. The van der Waals surface area contributed by atoms with Gasteiger partial charge in [0.1, 0.15) is 6.07 Å². The fraction of sp³-hybridized carbons (Fsp3) is 0.200. The zero-order chi connectivity index (χ0) is 16.7. The maximum atomic E-state index is 11.4. The van der Waals surface area contributed by atoms with Crippen LogP contribution in [0.25, 0.3) is 0 Å². The van der Waals surface area contributed by atoms with Crippen LogP contribution >= 0.6 is 27.3 Å². The summed E-state index contributed by atoms with van der Waals surface area (Å²) in [6.07, 6.45) is 1.69. The molecule has 1 heterocycles. The number of hydrazone groups is 1. The Labute approximate surface area is 145 Å². The van der Waals surface area contributed by atoms with Gasteiger partial charge in [-0.3, -0.25) is 10.2 Å². The smallest absolute Gasteiger partial charge is 0.311 e. The number of halogens is 1. The summed E-state index contributed by atoms with van der Waals surface area (Å²) in [5.74, 6) is -0.305. The number of benzene rings is 1. The third kappa shape index (κ3) is 4.87. The maximum absolute atomic E-state index is 11.4. The van der Waals surface area contributed by atoms with Crippen molar-refractivity contribution in [1.82, 2.24) is 4.98 Å². The molecule has 0 fully saturated rings. The van der Waals surface area contributed by atoms with E-state index < -0.39 is 0 Å². The van der Waals surface area contributed by atoms with Crippen molar-refractivity contribution in [2.45, 2.75) is 13.3 Å². The van der Waals surface area contributed by atoms with Crippen LogP contribution in [0.2, 0.25) is 0 Å². The van der Waals surface area contributed by atoms with Gasteiger partial charge >= 0.3 is 5.97 Å². The molecule has 1 aromatic carbocycles. The molecule has 0 aliphatic rings. The minimum atomic E-state index is -0.305. The summed E-state index contributed by atoms with van der Waals surface area (Å²) >= 11 is 4.66. The van der Waals surface area contributed by atoms with Gasteiger partial charge in [-0.25, -0.2) is 4.98 Å². The number of nitrogens with one attached hydrogen (secondary N) is 1. The Morgan fingerprint density at radius 1 is 1.61 bits per heavy atom. The van der Waals surface area contributed by atoms with Crippen molar-refractivity contribution in [3.8, 4) is 6.07 Å². The summed E-state index contributed by atoms with van der Waals surface area (Å²) < 4.78 is 5.59. The van der Waals surface area contributed by atoms with E-state index in [-0.39, 0.29) is 12.4 Å². The number of esters is 1. The highest BCUT2D eigenvalue weighted by Gasteiger charge is 2.08. The summed E-state index contributed by atoms with van der Waals surface area (Å²) in [5.41, 5.74) is 4.63. The fourth-order valence-electron chi connectivity index (χ4n) is 1.72. The van der Waals surface area contributed by atoms with Gasteiger partial charge in [0.05, 0.1) is 30.5 Å². The minimum absolute atomic E-state index is 0.139. The van der Waals surface area contributed by atoms with Crippen molar-refractivity contribution in [3.05, 3.63) is 44.9 Å². The summed E-state index contributed by atoms with van der Waals surface area (Å²) in [6, 6.07) is 7.54. The molecule has 0 saturated carbocycles. The van der Waals surface area contributed by atoms with Crippen molar-refractivity contribution in [1.29, 1.82) is 5.26 Å². The number of thiazole rings is 1. The number of rotatable bonds is 6. The lowest BCUT2D eigenvalue weighted by atomic mass is 10.1. The number of carbonyl (C=O) groups is 1. The Bertz CT molecular complexity index is 767. The second-order valence-electron chi connectivity index (χ2n) is 4.31. The Balaban J connectivity index is 1.99. The summed E-state index contributed by atoms with van der Waals surface area (Å²) in [6.45, 7) is 2.12. The molecule has 2 aromatic rings. The van der Waals surface area contributed by atoms with Crippen molar-refractivity contribution in [3.63, 3.8) is 0 Å². The molecule has 0 radical (unpaired) electrons. The van der Waals surface area contributed by atoms with Gasteiger partial charge in [-0.05, 0) is 28.9 Å². The molecule has 6 nitrogen and oxygen atoms in total. The SMILES string of the molecule is CCOC(=O)Cc1csc(NN=Cc2cccc(Br)c2C#N)n1. The molecule has 0 spiro atoms. The molecular formula is C15H13BrN4O2S. The average Bonchev–Trinajstić information content (AvgIpc) is 2.95. The van der Waals surface area contributed by atoms with Gasteiger partial charge < -0.3 is 4.74 Å². The second-order valence-corrected chi connectivity index (χ2v) is 6.02. The summed E-state index contributed by atoms with van der Waals surface area (Å²) in [4.78, 5) is 15.6. The average molecular weight is 393 g/mol. The molecular weight excluding hydrogens is 380 g/mol. The highest BCUT2D eigenvalue weighted by Crippen LogP contribution is 2.19.